The van der Waals surface area contributed by atoms with Crippen molar-refractivity contribution >= 4 is 5.97 Å². The van der Waals surface area contributed by atoms with E-state index in [4.69, 9.17) is 9.47 Å². The fourth-order valence-corrected chi connectivity index (χ4v) is 1.10. The van der Waals surface area contributed by atoms with Crippen molar-refractivity contribution in [1.82, 2.24) is 4.98 Å². The highest BCUT2D eigenvalue weighted by Gasteiger charge is 2.13. The van der Waals surface area contributed by atoms with Gasteiger partial charge in [0.1, 0.15) is 5.56 Å². The number of ether oxygens (including phenoxy) is 2. The summed E-state index contributed by atoms with van der Waals surface area (Å²) in [6, 6.07) is 3.32. The molecule has 4 nitrogen and oxygen atoms in total. The number of hydrogen-bond acceptors (Lipinski definition) is 4. The standard InChI is InChI=1S/C11H15NO3/c1-3-4-8-15-11(13)9-6-5-7-12-10(9)14-2/h5-7H,3-4,8H2,1-2H3. The molecule has 0 spiro atoms. The van der Waals surface area contributed by atoms with Crippen LogP contribution in [-0.4, -0.2) is 24.7 Å². The summed E-state index contributed by atoms with van der Waals surface area (Å²) in [6.07, 6.45) is 3.44. The Hall–Kier alpha value is -1.58. The van der Waals surface area contributed by atoms with Crippen LogP contribution in [0.3, 0.4) is 0 Å². The lowest BCUT2D eigenvalue weighted by Gasteiger charge is -2.06. The maximum absolute atomic E-state index is 11.6. The molecule has 0 aliphatic carbocycles. The highest BCUT2D eigenvalue weighted by Crippen LogP contribution is 2.14. The first kappa shape index (κ1) is 11.5. The van der Waals surface area contributed by atoms with Gasteiger partial charge in [-0.15, -0.1) is 0 Å². The van der Waals surface area contributed by atoms with E-state index in [1.165, 1.54) is 7.11 Å². The average Bonchev–Trinajstić information content (AvgIpc) is 2.29. The van der Waals surface area contributed by atoms with Gasteiger partial charge in [0.2, 0.25) is 5.88 Å². The zero-order valence-electron chi connectivity index (χ0n) is 9.03. The van der Waals surface area contributed by atoms with Crippen LogP contribution in [0.5, 0.6) is 5.88 Å². The first-order valence-electron chi connectivity index (χ1n) is 4.95. The normalized spacial score (nSPS) is 9.73. The highest BCUT2D eigenvalue weighted by molar-refractivity contribution is 5.91. The van der Waals surface area contributed by atoms with E-state index in [0.717, 1.165) is 12.8 Å². The first-order valence-corrected chi connectivity index (χ1v) is 4.95. The second-order valence-corrected chi connectivity index (χ2v) is 3.05. The Kier molecular flexibility index (Phi) is 4.60. The average molecular weight is 209 g/mol. The molecule has 1 aromatic rings. The van der Waals surface area contributed by atoms with Gasteiger partial charge >= 0.3 is 5.97 Å². The van der Waals surface area contributed by atoms with Gasteiger partial charge in [-0.1, -0.05) is 13.3 Å². The van der Waals surface area contributed by atoms with Crippen molar-refractivity contribution in [2.24, 2.45) is 0 Å². The van der Waals surface area contributed by atoms with E-state index >= 15 is 0 Å². The number of pyridine rings is 1. The monoisotopic (exact) mass is 209 g/mol. The largest absolute Gasteiger partial charge is 0.480 e. The molecule has 0 aliphatic rings. The second kappa shape index (κ2) is 6.01. The van der Waals surface area contributed by atoms with Crippen LogP contribution in [0.15, 0.2) is 18.3 Å². The Labute approximate surface area is 89.2 Å². The molecular weight excluding hydrogens is 194 g/mol. The number of carbonyl (C=O) groups is 1. The lowest BCUT2D eigenvalue weighted by Crippen LogP contribution is -2.08. The van der Waals surface area contributed by atoms with E-state index in [1.807, 2.05) is 6.92 Å². The van der Waals surface area contributed by atoms with Crippen molar-refractivity contribution in [2.75, 3.05) is 13.7 Å². The number of hydrogen-bond donors (Lipinski definition) is 0. The third-order valence-electron chi connectivity index (χ3n) is 1.92. The van der Waals surface area contributed by atoms with Crippen LogP contribution in [0.2, 0.25) is 0 Å². The van der Waals surface area contributed by atoms with E-state index in [9.17, 15) is 4.79 Å². The lowest BCUT2D eigenvalue weighted by atomic mass is 10.3. The van der Waals surface area contributed by atoms with E-state index in [2.05, 4.69) is 4.98 Å². The summed E-state index contributed by atoms with van der Waals surface area (Å²) in [5.74, 6) is -0.0765. The summed E-state index contributed by atoms with van der Waals surface area (Å²) >= 11 is 0. The molecule has 15 heavy (non-hydrogen) atoms. The number of aromatic nitrogens is 1. The summed E-state index contributed by atoms with van der Waals surface area (Å²) in [5, 5.41) is 0. The Bertz CT molecular complexity index is 325. The maximum Gasteiger partial charge on any atom is 0.343 e. The van der Waals surface area contributed by atoms with Crippen molar-refractivity contribution in [3.63, 3.8) is 0 Å². The van der Waals surface area contributed by atoms with E-state index < -0.39 is 0 Å². The number of carbonyl (C=O) groups excluding carboxylic acids is 1. The van der Waals surface area contributed by atoms with Gasteiger partial charge in [-0.2, -0.15) is 0 Å². The third-order valence-corrected chi connectivity index (χ3v) is 1.92. The van der Waals surface area contributed by atoms with Crippen molar-refractivity contribution in [1.29, 1.82) is 0 Å². The zero-order chi connectivity index (χ0) is 11.1. The van der Waals surface area contributed by atoms with Crippen LogP contribution in [0.1, 0.15) is 30.1 Å². The van der Waals surface area contributed by atoms with Crippen LogP contribution < -0.4 is 4.74 Å². The fraction of sp³-hybridized carbons (Fsp3) is 0.455. The van der Waals surface area contributed by atoms with Crippen LogP contribution >= 0.6 is 0 Å². The molecule has 0 aromatic carbocycles. The summed E-state index contributed by atoms with van der Waals surface area (Å²) in [6.45, 7) is 2.48. The Morgan fingerprint density at radius 3 is 3.00 bits per heavy atom. The highest BCUT2D eigenvalue weighted by atomic mass is 16.5. The molecule has 1 rings (SSSR count). The molecule has 82 valence electrons. The van der Waals surface area contributed by atoms with Crippen molar-refractivity contribution in [3.05, 3.63) is 23.9 Å². The van der Waals surface area contributed by atoms with E-state index in [0.29, 0.717) is 18.1 Å². The van der Waals surface area contributed by atoms with Gasteiger partial charge in [-0.05, 0) is 18.6 Å². The van der Waals surface area contributed by atoms with Crippen molar-refractivity contribution in [3.8, 4) is 5.88 Å². The summed E-state index contributed by atoms with van der Waals surface area (Å²) in [7, 11) is 1.48. The minimum atomic E-state index is -0.381. The van der Waals surface area contributed by atoms with E-state index in [1.54, 1.807) is 18.3 Å². The quantitative estimate of drug-likeness (QED) is 0.550. The number of esters is 1. The maximum atomic E-state index is 11.6. The van der Waals surface area contributed by atoms with E-state index in [-0.39, 0.29) is 5.97 Å². The topological polar surface area (TPSA) is 48.4 Å². The van der Waals surface area contributed by atoms with Gasteiger partial charge in [0, 0.05) is 6.20 Å². The van der Waals surface area contributed by atoms with Crippen molar-refractivity contribution < 1.29 is 14.3 Å². The number of methoxy groups -OCH3 is 1. The van der Waals surface area contributed by atoms with Gasteiger partial charge < -0.3 is 9.47 Å². The fourth-order valence-electron chi connectivity index (χ4n) is 1.10. The van der Waals surface area contributed by atoms with Gasteiger partial charge in [0.15, 0.2) is 0 Å². The summed E-state index contributed by atoms with van der Waals surface area (Å²) < 4.78 is 10.0. The van der Waals surface area contributed by atoms with Crippen LogP contribution in [0.25, 0.3) is 0 Å². The molecule has 1 heterocycles. The smallest absolute Gasteiger partial charge is 0.343 e. The van der Waals surface area contributed by atoms with Crippen molar-refractivity contribution in [2.45, 2.75) is 19.8 Å². The minimum Gasteiger partial charge on any atom is -0.480 e. The number of unbranched alkanes of at least 4 members (excludes halogenated alkanes) is 1. The summed E-state index contributed by atoms with van der Waals surface area (Å²) in [4.78, 5) is 15.5. The second-order valence-electron chi connectivity index (χ2n) is 3.05. The molecule has 0 fully saturated rings. The Morgan fingerprint density at radius 1 is 1.53 bits per heavy atom. The Morgan fingerprint density at radius 2 is 2.33 bits per heavy atom. The van der Waals surface area contributed by atoms with Crippen LogP contribution in [-0.2, 0) is 4.74 Å². The summed E-state index contributed by atoms with van der Waals surface area (Å²) in [5.41, 5.74) is 0.371. The van der Waals surface area contributed by atoms with Gasteiger partial charge in [0.25, 0.3) is 0 Å². The molecule has 4 heteroatoms. The predicted molar refractivity (Wildman–Crippen MR) is 56.0 cm³/mol. The third kappa shape index (κ3) is 3.23. The molecule has 0 bridgehead atoms. The van der Waals surface area contributed by atoms with Crippen LogP contribution in [0, 0.1) is 0 Å². The molecule has 0 aliphatic heterocycles. The van der Waals surface area contributed by atoms with Gasteiger partial charge in [0.05, 0.1) is 13.7 Å². The lowest BCUT2D eigenvalue weighted by molar-refractivity contribution is 0.0495. The first-order chi connectivity index (χ1) is 7.29. The zero-order valence-corrected chi connectivity index (χ0v) is 9.03. The number of nitrogens with zero attached hydrogens (tertiary/aromatic N) is 1. The molecule has 0 unspecified atom stereocenters. The molecule has 0 saturated carbocycles. The molecule has 0 radical (unpaired) electrons. The van der Waals surface area contributed by atoms with Gasteiger partial charge in [-0.3, -0.25) is 0 Å². The molecular formula is C11H15NO3. The van der Waals surface area contributed by atoms with Gasteiger partial charge in [-0.25, -0.2) is 9.78 Å². The SMILES string of the molecule is CCCCOC(=O)c1cccnc1OC. The Balaban J connectivity index is 2.64. The molecule has 0 N–H and O–H groups in total. The van der Waals surface area contributed by atoms with Crippen LogP contribution in [0.4, 0.5) is 0 Å². The number of rotatable bonds is 5. The minimum absolute atomic E-state index is 0.305. The predicted octanol–water partition coefficient (Wildman–Crippen LogP) is 2.05. The molecule has 0 saturated heterocycles. The molecule has 0 amide bonds. The molecule has 0 atom stereocenters. The molecule has 1 aromatic heterocycles.